The minimum absolute atomic E-state index is 0.628. The Labute approximate surface area is 55.2 Å². The van der Waals surface area contributed by atoms with Gasteiger partial charge in [-0.25, -0.2) is 0 Å². The second-order valence-electron chi connectivity index (χ2n) is 3.01. The molecular formula is C5H13O3P. The second kappa shape index (κ2) is 2.41. The number of aliphatic hydroxyl groups is 1. The van der Waals surface area contributed by atoms with Gasteiger partial charge in [-0.3, -0.25) is 4.57 Å². The Morgan fingerprint density at radius 3 is 1.78 bits per heavy atom. The van der Waals surface area contributed by atoms with E-state index in [1.165, 1.54) is 0 Å². The van der Waals surface area contributed by atoms with Crippen molar-refractivity contribution in [2.75, 3.05) is 6.35 Å². The van der Waals surface area contributed by atoms with Crippen LogP contribution in [0.4, 0.5) is 0 Å². The standard InChI is InChI=1S/C5H13O3P/c1-5(2,3)9(7,8)4-6/h6H,4H2,1-3H3,(H,7,8). The van der Waals surface area contributed by atoms with Gasteiger partial charge in [-0.05, 0) is 0 Å². The molecule has 1 unspecified atom stereocenters. The quantitative estimate of drug-likeness (QED) is 0.551. The maximum Gasteiger partial charge on any atom is 0.230 e. The summed E-state index contributed by atoms with van der Waals surface area (Å²) < 4.78 is 10.9. The minimum Gasteiger partial charge on any atom is -0.386 e. The van der Waals surface area contributed by atoms with Crippen molar-refractivity contribution in [2.24, 2.45) is 0 Å². The van der Waals surface area contributed by atoms with Crippen LogP contribution in [0.15, 0.2) is 0 Å². The van der Waals surface area contributed by atoms with Crippen LogP contribution in [0.2, 0.25) is 0 Å². The van der Waals surface area contributed by atoms with Crippen LogP contribution < -0.4 is 0 Å². The van der Waals surface area contributed by atoms with Crippen molar-refractivity contribution in [2.45, 2.75) is 25.9 Å². The normalized spacial score (nSPS) is 19.2. The van der Waals surface area contributed by atoms with Crippen molar-refractivity contribution in [3.05, 3.63) is 0 Å². The van der Waals surface area contributed by atoms with E-state index in [0.717, 1.165) is 0 Å². The summed E-state index contributed by atoms with van der Waals surface area (Å²) in [4.78, 5) is 8.97. The molecule has 0 aliphatic carbocycles. The fourth-order valence-electron chi connectivity index (χ4n) is 0.212. The maximum absolute atomic E-state index is 10.9. The first-order valence-electron chi connectivity index (χ1n) is 2.74. The van der Waals surface area contributed by atoms with Gasteiger partial charge >= 0.3 is 0 Å². The lowest BCUT2D eigenvalue weighted by Crippen LogP contribution is -2.16. The molecule has 0 saturated carbocycles. The molecule has 0 fully saturated rings. The average Bonchev–Trinajstić information content (AvgIpc) is 1.64. The molecule has 4 heteroatoms. The summed E-state index contributed by atoms with van der Waals surface area (Å²) in [5.74, 6) is 0. The van der Waals surface area contributed by atoms with Gasteiger partial charge in [0.2, 0.25) is 7.37 Å². The van der Waals surface area contributed by atoms with Gasteiger partial charge in [0.25, 0.3) is 0 Å². The van der Waals surface area contributed by atoms with E-state index in [4.69, 9.17) is 10.00 Å². The van der Waals surface area contributed by atoms with Gasteiger partial charge in [0.15, 0.2) is 0 Å². The molecule has 0 heterocycles. The topological polar surface area (TPSA) is 57.5 Å². The lowest BCUT2D eigenvalue weighted by molar-refractivity contribution is 0.322. The Hall–Kier alpha value is 0.150. The van der Waals surface area contributed by atoms with Crippen LogP contribution in [0, 0.1) is 0 Å². The monoisotopic (exact) mass is 152 g/mol. The smallest absolute Gasteiger partial charge is 0.230 e. The highest BCUT2D eigenvalue weighted by molar-refractivity contribution is 7.59. The molecule has 0 rings (SSSR count). The molecule has 0 radical (unpaired) electrons. The zero-order chi connectivity index (χ0) is 7.71. The number of hydrogen-bond donors (Lipinski definition) is 2. The molecule has 0 aliphatic rings. The van der Waals surface area contributed by atoms with E-state index in [1.54, 1.807) is 20.8 Å². The molecule has 0 amide bonds. The molecule has 9 heavy (non-hydrogen) atoms. The number of rotatable bonds is 1. The van der Waals surface area contributed by atoms with Crippen molar-refractivity contribution in [1.82, 2.24) is 0 Å². The van der Waals surface area contributed by atoms with Crippen LogP contribution in [0.5, 0.6) is 0 Å². The van der Waals surface area contributed by atoms with Crippen LogP contribution in [0.25, 0.3) is 0 Å². The van der Waals surface area contributed by atoms with Crippen LogP contribution >= 0.6 is 7.37 Å². The molecule has 56 valence electrons. The number of aliphatic hydroxyl groups excluding tert-OH is 1. The van der Waals surface area contributed by atoms with Crippen LogP contribution in [0.3, 0.4) is 0 Å². The lowest BCUT2D eigenvalue weighted by Gasteiger charge is -2.23. The molecule has 0 bridgehead atoms. The van der Waals surface area contributed by atoms with Crippen LogP contribution in [-0.4, -0.2) is 21.5 Å². The first-order chi connectivity index (χ1) is 3.81. The van der Waals surface area contributed by atoms with Gasteiger partial charge in [-0.15, -0.1) is 0 Å². The van der Waals surface area contributed by atoms with Gasteiger partial charge in [0, 0.05) is 5.16 Å². The first-order valence-corrected chi connectivity index (χ1v) is 4.58. The summed E-state index contributed by atoms with van der Waals surface area (Å²) in [5, 5.41) is 7.72. The van der Waals surface area contributed by atoms with Crippen molar-refractivity contribution in [1.29, 1.82) is 0 Å². The highest BCUT2D eigenvalue weighted by atomic mass is 31.2. The molecule has 0 aromatic heterocycles. The van der Waals surface area contributed by atoms with Crippen molar-refractivity contribution in [3.8, 4) is 0 Å². The predicted molar refractivity (Wildman–Crippen MR) is 36.7 cm³/mol. The van der Waals surface area contributed by atoms with Crippen molar-refractivity contribution >= 4 is 7.37 Å². The predicted octanol–water partition coefficient (Wildman–Crippen LogP) is 1.01. The molecular weight excluding hydrogens is 139 g/mol. The van der Waals surface area contributed by atoms with Gasteiger partial charge < -0.3 is 10.00 Å². The van der Waals surface area contributed by atoms with Crippen molar-refractivity contribution in [3.63, 3.8) is 0 Å². The summed E-state index contributed by atoms with van der Waals surface area (Å²) >= 11 is 0. The molecule has 0 aromatic rings. The zero-order valence-corrected chi connectivity index (χ0v) is 6.85. The third kappa shape index (κ3) is 2.09. The third-order valence-corrected chi connectivity index (χ3v) is 3.72. The van der Waals surface area contributed by atoms with E-state index in [0.29, 0.717) is 0 Å². The molecule has 2 N–H and O–H groups in total. The van der Waals surface area contributed by atoms with Gasteiger partial charge in [0.1, 0.15) is 6.35 Å². The second-order valence-corrected chi connectivity index (χ2v) is 6.04. The molecule has 0 aromatic carbocycles. The van der Waals surface area contributed by atoms with Gasteiger partial charge in [0.05, 0.1) is 0 Å². The van der Waals surface area contributed by atoms with Crippen molar-refractivity contribution < 1.29 is 14.6 Å². The molecule has 0 spiro atoms. The number of hydrogen-bond acceptors (Lipinski definition) is 2. The van der Waals surface area contributed by atoms with E-state index in [9.17, 15) is 4.57 Å². The van der Waals surface area contributed by atoms with Gasteiger partial charge in [-0.1, -0.05) is 20.8 Å². The Morgan fingerprint density at radius 2 is 1.78 bits per heavy atom. The summed E-state index contributed by atoms with van der Waals surface area (Å²) in [7, 11) is -3.30. The highest BCUT2D eigenvalue weighted by Crippen LogP contribution is 2.52. The molecule has 0 saturated heterocycles. The lowest BCUT2D eigenvalue weighted by atomic mass is 10.3. The Morgan fingerprint density at radius 1 is 1.44 bits per heavy atom. The molecule has 1 atom stereocenters. The maximum atomic E-state index is 10.9. The van der Waals surface area contributed by atoms with E-state index in [-0.39, 0.29) is 0 Å². The third-order valence-electron chi connectivity index (χ3n) is 1.24. The summed E-state index contributed by atoms with van der Waals surface area (Å²) in [6, 6.07) is 0. The average molecular weight is 152 g/mol. The Balaban J connectivity index is 4.35. The Kier molecular flexibility index (Phi) is 2.45. The largest absolute Gasteiger partial charge is 0.386 e. The SMILES string of the molecule is CC(C)(C)P(=O)(O)CO. The summed E-state index contributed by atoms with van der Waals surface area (Å²) in [6.45, 7) is 4.89. The Bertz CT molecular complexity index is 136. The van der Waals surface area contributed by atoms with E-state index in [2.05, 4.69) is 0 Å². The fraction of sp³-hybridized carbons (Fsp3) is 1.00. The zero-order valence-electron chi connectivity index (χ0n) is 5.96. The summed E-state index contributed by atoms with van der Waals surface area (Å²) in [6.07, 6.45) is -0.628. The minimum atomic E-state index is -3.30. The van der Waals surface area contributed by atoms with E-state index < -0.39 is 18.9 Å². The highest BCUT2D eigenvalue weighted by Gasteiger charge is 2.33. The first kappa shape index (κ1) is 9.15. The van der Waals surface area contributed by atoms with E-state index in [1.807, 2.05) is 0 Å². The fourth-order valence-corrected chi connectivity index (χ4v) is 0.636. The molecule has 0 aliphatic heterocycles. The van der Waals surface area contributed by atoms with Crippen LogP contribution in [-0.2, 0) is 4.57 Å². The molecule has 3 nitrogen and oxygen atoms in total. The van der Waals surface area contributed by atoms with E-state index >= 15 is 0 Å². The van der Waals surface area contributed by atoms with Crippen LogP contribution in [0.1, 0.15) is 20.8 Å². The van der Waals surface area contributed by atoms with Gasteiger partial charge in [-0.2, -0.15) is 0 Å². The summed E-state index contributed by atoms with van der Waals surface area (Å²) in [5.41, 5.74) is 0.